The van der Waals surface area contributed by atoms with E-state index in [9.17, 15) is 4.79 Å². The molecule has 1 fully saturated rings. The largest absolute Gasteiger partial charge is 0.492 e. The normalized spacial score (nSPS) is 19.8. The summed E-state index contributed by atoms with van der Waals surface area (Å²) in [6.45, 7) is 7.82. The molecule has 0 unspecified atom stereocenters. The van der Waals surface area contributed by atoms with Gasteiger partial charge in [-0.1, -0.05) is 13.3 Å². The van der Waals surface area contributed by atoms with Crippen LogP contribution in [0, 0.1) is 18.8 Å². The number of unbranched alkanes of at least 4 members (excludes halogenated alkanes) is 1. The van der Waals surface area contributed by atoms with Crippen molar-refractivity contribution in [3.05, 3.63) is 42.2 Å². The van der Waals surface area contributed by atoms with Gasteiger partial charge in [0.05, 0.1) is 25.3 Å². The zero-order valence-electron chi connectivity index (χ0n) is 17.8. The summed E-state index contributed by atoms with van der Waals surface area (Å²) in [7, 11) is 2.01. The van der Waals surface area contributed by atoms with E-state index in [1.807, 2.05) is 43.1 Å². The van der Waals surface area contributed by atoms with Crippen LogP contribution in [0.2, 0.25) is 0 Å². The fraction of sp³-hybridized carbons (Fsp3) is 0.591. The molecule has 2 aromatic rings. The van der Waals surface area contributed by atoms with Crippen LogP contribution in [0.3, 0.4) is 0 Å². The Balaban J connectivity index is 1.62. The smallest absolute Gasteiger partial charge is 0.224 e. The second kappa shape index (κ2) is 10.4. The molecule has 0 aromatic carbocycles. The number of likely N-dealkylation sites (tertiary alicyclic amines) is 1. The minimum atomic E-state index is -0.0226. The zero-order chi connectivity index (χ0) is 20.6. The Hall–Kier alpha value is -2.41. The Morgan fingerprint density at radius 2 is 2.17 bits per heavy atom. The van der Waals surface area contributed by atoms with Crippen LogP contribution in [-0.4, -0.2) is 51.6 Å². The van der Waals surface area contributed by atoms with E-state index < -0.39 is 0 Å². The molecule has 158 valence electrons. The molecule has 1 saturated heterocycles. The first-order valence-corrected chi connectivity index (χ1v) is 10.6. The van der Waals surface area contributed by atoms with E-state index in [2.05, 4.69) is 27.1 Å². The second-order valence-electron chi connectivity index (χ2n) is 8.04. The number of amides is 1. The highest BCUT2D eigenvalue weighted by molar-refractivity contribution is 5.79. The van der Waals surface area contributed by atoms with Crippen molar-refractivity contribution in [2.75, 3.05) is 26.2 Å². The third kappa shape index (κ3) is 6.29. The van der Waals surface area contributed by atoms with E-state index in [-0.39, 0.29) is 17.7 Å². The average Bonchev–Trinajstić information content (AvgIpc) is 3.12. The molecule has 0 saturated carbocycles. The standard InChI is InChI=1S/C22H33N5O2/c1-4-5-8-24-22(28)19-11-18(16-29-20-7-6-17(2)25-12-20)13-27(14-19)15-21-23-9-10-26(21)3/h6-7,9-10,12,18-19H,4-5,8,11,13-16H2,1-3H3,(H,24,28)/t18-,19+/m0/s1. The fourth-order valence-corrected chi connectivity index (χ4v) is 3.78. The Morgan fingerprint density at radius 3 is 2.86 bits per heavy atom. The highest BCUT2D eigenvalue weighted by Crippen LogP contribution is 2.24. The number of hydrogen-bond acceptors (Lipinski definition) is 5. The first-order valence-electron chi connectivity index (χ1n) is 10.6. The summed E-state index contributed by atoms with van der Waals surface area (Å²) >= 11 is 0. The Labute approximate surface area is 173 Å². The molecule has 7 nitrogen and oxygen atoms in total. The number of ether oxygens (including phenoxy) is 1. The van der Waals surface area contributed by atoms with Gasteiger partial charge in [0, 0.05) is 50.7 Å². The second-order valence-corrected chi connectivity index (χ2v) is 8.04. The molecule has 1 aliphatic rings. The fourth-order valence-electron chi connectivity index (χ4n) is 3.78. The molecule has 29 heavy (non-hydrogen) atoms. The van der Waals surface area contributed by atoms with Crippen LogP contribution >= 0.6 is 0 Å². The van der Waals surface area contributed by atoms with E-state index >= 15 is 0 Å². The molecular weight excluding hydrogens is 366 g/mol. The first-order chi connectivity index (χ1) is 14.0. The van der Waals surface area contributed by atoms with Crippen molar-refractivity contribution in [3.63, 3.8) is 0 Å². The van der Waals surface area contributed by atoms with Crippen LogP contribution in [0.4, 0.5) is 0 Å². The lowest BCUT2D eigenvalue weighted by atomic mass is 9.89. The summed E-state index contributed by atoms with van der Waals surface area (Å²) < 4.78 is 8.03. The van der Waals surface area contributed by atoms with Gasteiger partial charge in [-0.25, -0.2) is 4.98 Å². The van der Waals surface area contributed by atoms with Crippen LogP contribution < -0.4 is 10.1 Å². The van der Waals surface area contributed by atoms with Gasteiger partial charge in [0.15, 0.2) is 0 Å². The van der Waals surface area contributed by atoms with Crippen LogP contribution in [-0.2, 0) is 18.4 Å². The van der Waals surface area contributed by atoms with Crippen molar-refractivity contribution in [1.82, 2.24) is 24.8 Å². The van der Waals surface area contributed by atoms with Gasteiger partial charge < -0.3 is 14.6 Å². The molecule has 2 atom stereocenters. The molecule has 7 heteroatoms. The predicted molar refractivity (Wildman–Crippen MR) is 112 cm³/mol. The molecule has 3 rings (SSSR count). The summed E-state index contributed by atoms with van der Waals surface area (Å²) in [6.07, 6.45) is 8.48. The third-order valence-electron chi connectivity index (χ3n) is 5.47. The molecular formula is C22H33N5O2. The van der Waals surface area contributed by atoms with Gasteiger partial charge in [0.2, 0.25) is 5.91 Å². The number of carbonyl (C=O) groups excluding carboxylic acids is 1. The minimum Gasteiger partial charge on any atom is -0.492 e. The number of nitrogens with one attached hydrogen (secondary N) is 1. The number of piperidine rings is 1. The lowest BCUT2D eigenvalue weighted by Gasteiger charge is -2.36. The maximum absolute atomic E-state index is 12.7. The molecule has 0 radical (unpaired) electrons. The van der Waals surface area contributed by atoms with Gasteiger partial charge >= 0.3 is 0 Å². The number of aryl methyl sites for hydroxylation is 2. The Kier molecular flexibility index (Phi) is 7.63. The first kappa shape index (κ1) is 21.3. The summed E-state index contributed by atoms with van der Waals surface area (Å²) in [5, 5.41) is 3.11. The number of imidazole rings is 1. The SMILES string of the molecule is CCCCNC(=O)[C@@H]1C[C@H](COc2ccc(C)nc2)CN(Cc2nccn2C)C1. The van der Waals surface area contributed by atoms with Crippen molar-refractivity contribution in [1.29, 1.82) is 0 Å². The number of rotatable bonds is 9. The molecule has 1 N–H and O–H groups in total. The molecule has 0 spiro atoms. The van der Waals surface area contributed by atoms with Crippen molar-refractivity contribution in [2.45, 2.75) is 39.7 Å². The molecule has 3 heterocycles. The van der Waals surface area contributed by atoms with E-state index in [0.717, 1.165) is 62.7 Å². The van der Waals surface area contributed by atoms with Crippen LogP contribution in [0.25, 0.3) is 0 Å². The van der Waals surface area contributed by atoms with E-state index in [1.54, 1.807) is 6.20 Å². The minimum absolute atomic E-state index is 0.0226. The van der Waals surface area contributed by atoms with Gasteiger partial charge in [-0.2, -0.15) is 0 Å². The predicted octanol–water partition coefficient (Wildman–Crippen LogP) is 2.56. The third-order valence-corrected chi connectivity index (χ3v) is 5.47. The van der Waals surface area contributed by atoms with Crippen molar-refractivity contribution < 1.29 is 9.53 Å². The molecule has 2 aromatic heterocycles. The van der Waals surface area contributed by atoms with Crippen molar-refractivity contribution >= 4 is 5.91 Å². The van der Waals surface area contributed by atoms with Crippen LogP contribution in [0.15, 0.2) is 30.7 Å². The van der Waals surface area contributed by atoms with E-state index in [4.69, 9.17) is 4.74 Å². The maximum atomic E-state index is 12.7. The highest BCUT2D eigenvalue weighted by atomic mass is 16.5. The van der Waals surface area contributed by atoms with Crippen LogP contribution in [0.1, 0.15) is 37.7 Å². The van der Waals surface area contributed by atoms with E-state index in [1.165, 1.54) is 0 Å². The molecule has 1 amide bonds. The average molecular weight is 400 g/mol. The maximum Gasteiger partial charge on any atom is 0.224 e. The summed E-state index contributed by atoms with van der Waals surface area (Å²) in [6, 6.07) is 3.90. The van der Waals surface area contributed by atoms with Gasteiger partial charge in [-0.3, -0.25) is 14.7 Å². The monoisotopic (exact) mass is 399 g/mol. The lowest BCUT2D eigenvalue weighted by Crippen LogP contribution is -2.47. The topological polar surface area (TPSA) is 72.3 Å². The number of pyridine rings is 1. The van der Waals surface area contributed by atoms with Crippen LogP contribution in [0.5, 0.6) is 5.75 Å². The zero-order valence-corrected chi connectivity index (χ0v) is 17.8. The Morgan fingerprint density at radius 1 is 1.31 bits per heavy atom. The summed E-state index contributed by atoms with van der Waals surface area (Å²) in [5.41, 5.74) is 0.972. The molecule has 0 aliphatic carbocycles. The molecule has 0 bridgehead atoms. The van der Waals surface area contributed by atoms with Gasteiger partial charge in [-0.15, -0.1) is 0 Å². The number of aromatic nitrogens is 3. The summed E-state index contributed by atoms with van der Waals surface area (Å²) in [5.74, 6) is 2.21. The van der Waals surface area contributed by atoms with Gasteiger partial charge in [0.25, 0.3) is 0 Å². The lowest BCUT2D eigenvalue weighted by molar-refractivity contribution is -0.127. The van der Waals surface area contributed by atoms with Crippen molar-refractivity contribution in [3.8, 4) is 5.75 Å². The number of nitrogens with zero attached hydrogens (tertiary/aromatic N) is 4. The summed E-state index contributed by atoms with van der Waals surface area (Å²) in [4.78, 5) is 23.8. The number of carbonyl (C=O) groups is 1. The highest BCUT2D eigenvalue weighted by Gasteiger charge is 2.32. The Bertz CT molecular complexity index is 774. The molecule has 1 aliphatic heterocycles. The quantitative estimate of drug-likeness (QED) is 0.656. The van der Waals surface area contributed by atoms with Gasteiger partial charge in [0.1, 0.15) is 11.6 Å². The van der Waals surface area contributed by atoms with Crippen molar-refractivity contribution in [2.24, 2.45) is 18.9 Å². The van der Waals surface area contributed by atoms with E-state index in [0.29, 0.717) is 6.61 Å². The van der Waals surface area contributed by atoms with Gasteiger partial charge in [-0.05, 0) is 31.9 Å². The number of hydrogen-bond donors (Lipinski definition) is 1.